The first-order valence-corrected chi connectivity index (χ1v) is 11.3. The van der Waals surface area contributed by atoms with Crippen LogP contribution in [0.2, 0.25) is 5.02 Å². The number of amides is 1. The van der Waals surface area contributed by atoms with E-state index in [-0.39, 0.29) is 35.4 Å². The van der Waals surface area contributed by atoms with Gasteiger partial charge in [0.2, 0.25) is 11.8 Å². The Balaban J connectivity index is 1.59. The Kier molecular flexibility index (Phi) is 6.58. The maximum atomic E-state index is 12.5. The van der Waals surface area contributed by atoms with Crippen LogP contribution in [0.5, 0.6) is 0 Å². The molecule has 30 heavy (non-hydrogen) atoms. The predicted octanol–water partition coefficient (Wildman–Crippen LogP) is 4.19. The molecule has 1 aromatic heterocycles. The lowest BCUT2D eigenvalue weighted by molar-refractivity contribution is -0.116. The lowest BCUT2D eigenvalue weighted by atomic mass is 10.0. The van der Waals surface area contributed by atoms with E-state index in [9.17, 15) is 13.2 Å². The van der Waals surface area contributed by atoms with Crippen molar-refractivity contribution >= 4 is 33.0 Å². The number of nitrogens with one attached hydrogen (secondary N) is 1. The summed E-state index contributed by atoms with van der Waals surface area (Å²) in [4.78, 5) is 16.5. The van der Waals surface area contributed by atoms with Crippen molar-refractivity contribution in [1.82, 2.24) is 10.1 Å². The van der Waals surface area contributed by atoms with E-state index in [2.05, 4.69) is 15.5 Å². The zero-order valence-electron chi connectivity index (χ0n) is 16.9. The maximum absolute atomic E-state index is 12.5. The Hall–Kier alpha value is -2.71. The van der Waals surface area contributed by atoms with Crippen LogP contribution in [0.3, 0.4) is 0 Å². The molecular formula is C21H22ClN3O4S. The molecule has 0 saturated heterocycles. The molecule has 0 bridgehead atoms. The summed E-state index contributed by atoms with van der Waals surface area (Å²) in [6.45, 7) is 5.90. The third kappa shape index (κ3) is 5.46. The predicted molar refractivity (Wildman–Crippen MR) is 114 cm³/mol. The van der Waals surface area contributed by atoms with E-state index >= 15 is 0 Å². The van der Waals surface area contributed by atoms with Crippen LogP contribution in [0.25, 0.3) is 0 Å². The second-order valence-corrected chi connectivity index (χ2v) is 9.57. The van der Waals surface area contributed by atoms with Crippen LogP contribution < -0.4 is 5.32 Å². The van der Waals surface area contributed by atoms with E-state index in [1.54, 1.807) is 0 Å². The minimum absolute atomic E-state index is 0.0468. The van der Waals surface area contributed by atoms with E-state index < -0.39 is 15.6 Å². The molecule has 0 unspecified atom stereocenters. The number of hydrogen-bond acceptors (Lipinski definition) is 6. The zero-order chi connectivity index (χ0) is 21.9. The van der Waals surface area contributed by atoms with Crippen LogP contribution in [-0.4, -0.2) is 24.5 Å². The average Bonchev–Trinajstić information content (AvgIpc) is 3.10. The summed E-state index contributed by atoms with van der Waals surface area (Å²) in [7, 11) is -3.62. The van der Waals surface area contributed by atoms with Crippen molar-refractivity contribution in [3.05, 3.63) is 69.8 Å². The van der Waals surface area contributed by atoms with Gasteiger partial charge in [-0.1, -0.05) is 34.5 Å². The van der Waals surface area contributed by atoms with Gasteiger partial charge in [0, 0.05) is 23.6 Å². The summed E-state index contributed by atoms with van der Waals surface area (Å²) in [6, 6.07) is 9.89. The van der Waals surface area contributed by atoms with E-state index in [0.29, 0.717) is 5.02 Å². The Morgan fingerprint density at radius 1 is 1.10 bits per heavy atom. The average molecular weight is 448 g/mol. The van der Waals surface area contributed by atoms with Crippen LogP contribution in [0.1, 0.15) is 34.8 Å². The summed E-state index contributed by atoms with van der Waals surface area (Å²) < 4.78 is 30.0. The highest BCUT2D eigenvalue weighted by atomic mass is 35.5. The highest BCUT2D eigenvalue weighted by molar-refractivity contribution is 7.90. The molecule has 1 heterocycles. The van der Waals surface area contributed by atoms with Crippen LogP contribution in [0.4, 0.5) is 5.69 Å². The van der Waals surface area contributed by atoms with Gasteiger partial charge in [-0.05, 0) is 56.2 Å². The molecule has 0 fully saturated rings. The van der Waals surface area contributed by atoms with E-state index in [4.69, 9.17) is 16.1 Å². The molecule has 1 amide bonds. The van der Waals surface area contributed by atoms with Crippen molar-refractivity contribution in [1.29, 1.82) is 0 Å². The van der Waals surface area contributed by atoms with Gasteiger partial charge in [-0.3, -0.25) is 4.79 Å². The van der Waals surface area contributed by atoms with Gasteiger partial charge in [0.1, 0.15) is 5.75 Å². The molecule has 0 atom stereocenters. The van der Waals surface area contributed by atoms with E-state index in [0.717, 1.165) is 22.4 Å². The molecule has 9 heteroatoms. The number of aromatic nitrogens is 2. The molecule has 7 nitrogen and oxygen atoms in total. The van der Waals surface area contributed by atoms with Crippen molar-refractivity contribution in [3.63, 3.8) is 0 Å². The Morgan fingerprint density at radius 2 is 1.73 bits per heavy atom. The monoisotopic (exact) mass is 447 g/mol. The van der Waals surface area contributed by atoms with Crippen molar-refractivity contribution in [2.45, 2.75) is 44.3 Å². The largest absolute Gasteiger partial charge is 0.339 e. The summed E-state index contributed by atoms with van der Waals surface area (Å²) in [6.07, 6.45) is 0.349. The number of benzene rings is 2. The number of nitrogens with zero attached hydrogens (tertiary/aromatic N) is 2. The topological polar surface area (TPSA) is 102 Å². The summed E-state index contributed by atoms with van der Waals surface area (Å²) in [5.74, 6) is -0.320. The minimum atomic E-state index is -3.62. The molecule has 0 aliphatic heterocycles. The number of halogens is 1. The fraction of sp³-hybridized carbons (Fsp3) is 0.286. The summed E-state index contributed by atoms with van der Waals surface area (Å²) >= 11 is 5.79. The van der Waals surface area contributed by atoms with Gasteiger partial charge in [0.15, 0.2) is 15.7 Å². The van der Waals surface area contributed by atoms with Gasteiger partial charge in [0.05, 0.1) is 4.90 Å². The first kappa shape index (κ1) is 22.0. The zero-order valence-corrected chi connectivity index (χ0v) is 18.5. The lowest BCUT2D eigenvalue weighted by Crippen LogP contribution is -2.14. The molecule has 1 N–H and O–H groups in total. The third-order valence-electron chi connectivity index (χ3n) is 4.51. The molecule has 2 aromatic carbocycles. The van der Waals surface area contributed by atoms with E-state index in [1.807, 2.05) is 32.9 Å². The summed E-state index contributed by atoms with van der Waals surface area (Å²) in [5, 5.41) is 7.08. The number of aryl methyl sites for hydroxylation is 4. The third-order valence-corrected chi connectivity index (χ3v) is 6.39. The Morgan fingerprint density at radius 3 is 2.37 bits per heavy atom. The molecule has 0 radical (unpaired) electrons. The van der Waals surface area contributed by atoms with Crippen molar-refractivity contribution in [3.8, 4) is 0 Å². The van der Waals surface area contributed by atoms with Crippen molar-refractivity contribution in [2.75, 3.05) is 5.32 Å². The SMILES string of the molecule is Cc1cc(C)c(NC(=O)CCc2nc(CS(=O)(=O)c3ccc(Cl)cc3)no2)c(C)c1. The van der Waals surface area contributed by atoms with Crippen molar-refractivity contribution in [2.24, 2.45) is 0 Å². The normalized spacial score (nSPS) is 11.5. The van der Waals surface area contributed by atoms with Crippen molar-refractivity contribution < 1.29 is 17.7 Å². The summed E-state index contributed by atoms with van der Waals surface area (Å²) in [5.41, 5.74) is 3.92. The maximum Gasteiger partial charge on any atom is 0.227 e. The smallest absolute Gasteiger partial charge is 0.227 e. The van der Waals surface area contributed by atoms with Gasteiger partial charge < -0.3 is 9.84 Å². The van der Waals surface area contributed by atoms with Crippen LogP contribution >= 0.6 is 11.6 Å². The minimum Gasteiger partial charge on any atom is -0.339 e. The van der Waals surface area contributed by atoms with Gasteiger partial charge in [-0.25, -0.2) is 8.42 Å². The highest BCUT2D eigenvalue weighted by Crippen LogP contribution is 2.22. The number of anilines is 1. The fourth-order valence-electron chi connectivity index (χ4n) is 3.15. The number of sulfone groups is 1. The molecule has 0 spiro atoms. The number of hydrogen-bond donors (Lipinski definition) is 1. The Labute approximate surface area is 180 Å². The highest BCUT2D eigenvalue weighted by Gasteiger charge is 2.20. The molecule has 3 rings (SSSR count). The molecule has 0 aliphatic carbocycles. The van der Waals surface area contributed by atoms with Gasteiger partial charge in [-0.15, -0.1) is 0 Å². The second-order valence-electron chi connectivity index (χ2n) is 7.14. The van der Waals surface area contributed by atoms with Crippen LogP contribution in [0.15, 0.2) is 45.8 Å². The van der Waals surface area contributed by atoms with Gasteiger partial charge in [-0.2, -0.15) is 4.98 Å². The van der Waals surface area contributed by atoms with Gasteiger partial charge >= 0.3 is 0 Å². The number of carbonyl (C=O) groups is 1. The standard InChI is InChI=1S/C21H22ClN3O4S/c1-13-10-14(2)21(15(3)11-13)24-19(26)8-9-20-23-18(25-29-20)12-30(27,28)17-6-4-16(22)5-7-17/h4-7,10-11H,8-9,12H2,1-3H3,(H,24,26). The van der Waals surface area contributed by atoms with E-state index in [1.165, 1.54) is 24.3 Å². The quantitative estimate of drug-likeness (QED) is 0.582. The Bertz CT molecular complexity index is 1150. The van der Waals surface area contributed by atoms with Crippen LogP contribution in [-0.2, 0) is 26.8 Å². The first-order valence-electron chi connectivity index (χ1n) is 9.31. The molecule has 3 aromatic rings. The number of rotatable bonds is 7. The second kappa shape index (κ2) is 8.97. The molecule has 158 valence electrons. The van der Waals surface area contributed by atoms with Gasteiger partial charge in [0.25, 0.3) is 0 Å². The molecule has 0 saturated carbocycles. The fourth-order valence-corrected chi connectivity index (χ4v) is 4.45. The molecule has 0 aliphatic rings. The lowest BCUT2D eigenvalue weighted by Gasteiger charge is -2.12. The molecular weight excluding hydrogens is 426 g/mol. The first-order chi connectivity index (χ1) is 14.1. The number of carbonyl (C=O) groups excluding carboxylic acids is 1. The van der Waals surface area contributed by atoms with Crippen LogP contribution in [0, 0.1) is 20.8 Å².